The largest absolute Gasteiger partial charge is 0.462 e. The number of ether oxygens (including phenoxy) is 3. The lowest BCUT2D eigenvalue weighted by atomic mass is 10.0. The molecule has 0 aromatic heterocycles. The van der Waals surface area contributed by atoms with Crippen molar-refractivity contribution in [2.75, 3.05) is 13.2 Å². The molecule has 0 saturated heterocycles. The Balaban J connectivity index is 4.39. The summed E-state index contributed by atoms with van der Waals surface area (Å²) in [4.78, 5) is 37.8. The molecule has 1 atom stereocenters. The first-order chi connectivity index (χ1) is 29.0. The molecular weight excluding hydrogens is 733 g/mol. The van der Waals surface area contributed by atoms with Crippen LogP contribution < -0.4 is 0 Å². The van der Waals surface area contributed by atoms with E-state index in [2.05, 4.69) is 93.7 Å². The second kappa shape index (κ2) is 47.5. The Morgan fingerprint density at radius 3 is 1.10 bits per heavy atom. The minimum absolute atomic E-state index is 0.105. The molecule has 338 valence electrons. The van der Waals surface area contributed by atoms with E-state index in [0.717, 1.165) is 77.0 Å². The normalized spacial score (nSPS) is 12.7. The quantitative estimate of drug-likeness (QED) is 0.0264. The Kier molecular flexibility index (Phi) is 45.0. The molecule has 6 heteroatoms. The number of allylic oxidation sites excluding steroid dienone is 12. The smallest absolute Gasteiger partial charge is 0.306 e. The first-order valence-electron chi connectivity index (χ1n) is 24.4. The maximum Gasteiger partial charge on any atom is 0.306 e. The van der Waals surface area contributed by atoms with Crippen LogP contribution in [-0.2, 0) is 28.6 Å². The lowest BCUT2D eigenvalue weighted by Gasteiger charge is -2.18. The molecule has 0 aromatic carbocycles. The molecule has 59 heavy (non-hydrogen) atoms. The summed E-state index contributed by atoms with van der Waals surface area (Å²) in [5.41, 5.74) is 0. The zero-order valence-corrected chi connectivity index (χ0v) is 38.5. The van der Waals surface area contributed by atoms with Crippen molar-refractivity contribution >= 4 is 17.9 Å². The minimum atomic E-state index is -0.812. The van der Waals surface area contributed by atoms with Crippen LogP contribution in [-0.4, -0.2) is 37.2 Å². The van der Waals surface area contributed by atoms with Crippen LogP contribution in [0.5, 0.6) is 0 Å². The lowest BCUT2D eigenvalue weighted by molar-refractivity contribution is -0.167. The molecule has 0 heterocycles. The van der Waals surface area contributed by atoms with Crippen molar-refractivity contribution in [2.24, 2.45) is 0 Å². The molecule has 0 saturated carbocycles. The Hall–Kier alpha value is -3.15. The van der Waals surface area contributed by atoms with Crippen LogP contribution in [0.4, 0.5) is 0 Å². The van der Waals surface area contributed by atoms with Crippen LogP contribution in [0, 0.1) is 0 Å². The van der Waals surface area contributed by atoms with Crippen molar-refractivity contribution < 1.29 is 28.6 Å². The topological polar surface area (TPSA) is 78.9 Å². The van der Waals surface area contributed by atoms with Gasteiger partial charge in [-0.3, -0.25) is 14.4 Å². The van der Waals surface area contributed by atoms with Crippen LogP contribution in [0.1, 0.15) is 226 Å². The number of carbonyl (C=O) groups is 3. The summed E-state index contributed by atoms with van der Waals surface area (Å²) < 4.78 is 16.7. The van der Waals surface area contributed by atoms with Gasteiger partial charge in [-0.2, -0.15) is 0 Å². The van der Waals surface area contributed by atoms with Gasteiger partial charge in [0.25, 0.3) is 0 Å². The second-order valence-electron chi connectivity index (χ2n) is 16.0. The molecule has 0 rings (SSSR count). The third-order valence-electron chi connectivity index (χ3n) is 10.2. The molecule has 0 radical (unpaired) electrons. The summed E-state index contributed by atoms with van der Waals surface area (Å²) in [6.45, 7) is 6.32. The third-order valence-corrected chi connectivity index (χ3v) is 10.2. The monoisotopic (exact) mass is 823 g/mol. The maximum absolute atomic E-state index is 12.7. The van der Waals surface area contributed by atoms with Crippen LogP contribution in [0.25, 0.3) is 0 Å². The molecule has 0 amide bonds. The van der Waals surface area contributed by atoms with E-state index in [9.17, 15) is 14.4 Å². The van der Waals surface area contributed by atoms with E-state index in [0.29, 0.717) is 19.3 Å². The Labute approximate surface area is 363 Å². The van der Waals surface area contributed by atoms with Crippen molar-refractivity contribution in [1.29, 1.82) is 0 Å². The highest BCUT2D eigenvalue weighted by Crippen LogP contribution is 2.15. The third kappa shape index (κ3) is 45.8. The molecule has 0 bridgehead atoms. The first kappa shape index (κ1) is 55.9. The van der Waals surface area contributed by atoms with Crippen LogP contribution in [0.2, 0.25) is 0 Å². The summed E-state index contributed by atoms with van der Waals surface area (Å²) >= 11 is 0. The number of hydrogen-bond acceptors (Lipinski definition) is 6. The molecule has 0 N–H and O–H groups in total. The zero-order valence-electron chi connectivity index (χ0n) is 38.5. The molecule has 0 aliphatic rings. The summed E-state index contributed by atoms with van der Waals surface area (Å²) in [6, 6.07) is 0. The van der Waals surface area contributed by atoms with Crippen molar-refractivity contribution in [3.63, 3.8) is 0 Å². The molecule has 0 fully saturated rings. The second-order valence-corrected chi connectivity index (χ2v) is 16.0. The highest BCUT2D eigenvalue weighted by Gasteiger charge is 2.19. The average molecular weight is 823 g/mol. The lowest BCUT2D eigenvalue weighted by Crippen LogP contribution is -2.30. The highest BCUT2D eigenvalue weighted by molar-refractivity contribution is 5.71. The maximum atomic E-state index is 12.7. The SMILES string of the molecule is CC/C=C\C/C=C\C/C=C\CCCCC(=O)OC(COC(=O)CCC/C=C\C/C=C\C/C=C\CC)COC(=O)CCCCCCCCCCCCCCCCCCCC. The number of hydrogen-bond donors (Lipinski definition) is 0. The highest BCUT2D eigenvalue weighted by atomic mass is 16.6. The van der Waals surface area contributed by atoms with E-state index in [1.54, 1.807) is 0 Å². The van der Waals surface area contributed by atoms with Gasteiger partial charge in [0, 0.05) is 19.3 Å². The van der Waals surface area contributed by atoms with E-state index in [1.807, 2.05) is 0 Å². The summed E-state index contributed by atoms with van der Waals surface area (Å²) in [5.74, 6) is -1.00. The van der Waals surface area contributed by atoms with Crippen LogP contribution in [0.3, 0.4) is 0 Å². The fourth-order valence-electron chi connectivity index (χ4n) is 6.60. The summed E-state index contributed by atoms with van der Waals surface area (Å²) in [6.07, 6.45) is 59.1. The number of esters is 3. The fourth-order valence-corrected chi connectivity index (χ4v) is 6.60. The van der Waals surface area contributed by atoms with Crippen LogP contribution >= 0.6 is 0 Å². The van der Waals surface area contributed by atoms with Crippen molar-refractivity contribution in [3.8, 4) is 0 Å². The van der Waals surface area contributed by atoms with Crippen molar-refractivity contribution in [2.45, 2.75) is 232 Å². The van der Waals surface area contributed by atoms with Gasteiger partial charge in [-0.05, 0) is 77.0 Å². The van der Waals surface area contributed by atoms with E-state index in [1.165, 1.54) is 96.3 Å². The molecule has 0 spiro atoms. The Bertz CT molecular complexity index is 1130. The van der Waals surface area contributed by atoms with E-state index in [-0.39, 0.29) is 44.0 Å². The molecule has 0 aliphatic heterocycles. The van der Waals surface area contributed by atoms with Crippen molar-refractivity contribution in [1.82, 2.24) is 0 Å². The van der Waals surface area contributed by atoms with Gasteiger partial charge < -0.3 is 14.2 Å². The molecule has 0 aliphatic carbocycles. The van der Waals surface area contributed by atoms with E-state index < -0.39 is 6.10 Å². The van der Waals surface area contributed by atoms with Gasteiger partial charge in [0.05, 0.1) is 0 Å². The standard InChI is InChI=1S/C53H90O6/c1-4-7-10-13-16-19-22-24-25-26-27-28-29-32-34-37-40-43-46-52(55)58-49-50(48-57-51(54)45-42-39-36-33-30-21-18-15-12-9-6-3)59-53(56)47-44-41-38-35-31-23-20-17-14-11-8-5-2/h8-9,11-12,17-18,20-21,31,33,35-36,50H,4-7,10,13-16,19,22-30,32,34,37-49H2,1-3H3/b11-8-,12-9-,20-17-,21-18-,35-31-,36-33-. The summed E-state index contributed by atoms with van der Waals surface area (Å²) in [7, 11) is 0. The summed E-state index contributed by atoms with van der Waals surface area (Å²) in [5, 5.41) is 0. The Morgan fingerprint density at radius 2 is 0.678 bits per heavy atom. The average Bonchev–Trinajstić information content (AvgIpc) is 3.23. The van der Waals surface area contributed by atoms with Gasteiger partial charge in [0.1, 0.15) is 13.2 Å². The van der Waals surface area contributed by atoms with Gasteiger partial charge in [-0.25, -0.2) is 0 Å². The van der Waals surface area contributed by atoms with Crippen LogP contribution in [0.15, 0.2) is 72.9 Å². The van der Waals surface area contributed by atoms with Gasteiger partial charge in [-0.15, -0.1) is 0 Å². The fraction of sp³-hybridized carbons (Fsp3) is 0.717. The number of rotatable bonds is 43. The van der Waals surface area contributed by atoms with E-state index >= 15 is 0 Å². The molecular formula is C53H90O6. The van der Waals surface area contributed by atoms with Crippen molar-refractivity contribution in [3.05, 3.63) is 72.9 Å². The first-order valence-corrected chi connectivity index (χ1v) is 24.4. The van der Waals surface area contributed by atoms with E-state index in [4.69, 9.17) is 14.2 Å². The molecule has 6 nitrogen and oxygen atoms in total. The predicted molar refractivity (Wildman–Crippen MR) is 251 cm³/mol. The van der Waals surface area contributed by atoms with Gasteiger partial charge in [0.15, 0.2) is 6.10 Å². The number of carbonyl (C=O) groups excluding carboxylic acids is 3. The predicted octanol–water partition coefficient (Wildman–Crippen LogP) is 15.9. The zero-order chi connectivity index (χ0) is 43.0. The molecule has 0 aromatic rings. The minimum Gasteiger partial charge on any atom is -0.462 e. The van der Waals surface area contributed by atoms with Gasteiger partial charge in [0.2, 0.25) is 0 Å². The van der Waals surface area contributed by atoms with Gasteiger partial charge >= 0.3 is 17.9 Å². The molecule has 1 unspecified atom stereocenters. The van der Waals surface area contributed by atoms with Gasteiger partial charge in [-0.1, -0.05) is 203 Å². The number of unbranched alkanes of at least 4 members (excludes halogenated alkanes) is 20. The Morgan fingerprint density at radius 1 is 0.356 bits per heavy atom.